The van der Waals surface area contributed by atoms with Crippen LogP contribution >= 0.6 is 0 Å². The second kappa shape index (κ2) is 7.06. The molecule has 0 saturated heterocycles. The van der Waals surface area contributed by atoms with E-state index in [2.05, 4.69) is 5.32 Å². The fourth-order valence-electron chi connectivity index (χ4n) is 2.60. The summed E-state index contributed by atoms with van der Waals surface area (Å²) in [4.78, 5) is 23.2. The van der Waals surface area contributed by atoms with Crippen molar-refractivity contribution in [3.05, 3.63) is 82.9 Å². The van der Waals surface area contributed by atoms with Gasteiger partial charge in [0.25, 0.3) is 5.91 Å². The van der Waals surface area contributed by atoms with Gasteiger partial charge in [0.15, 0.2) is 0 Å². The summed E-state index contributed by atoms with van der Waals surface area (Å²) in [5, 5.41) is 21.0. The van der Waals surface area contributed by atoms with Gasteiger partial charge in [-0.15, -0.1) is 0 Å². The minimum absolute atomic E-state index is 0.00244. The van der Waals surface area contributed by atoms with Crippen LogP contribution in [0.5, 0.6) is 0 Å². The number of hydrogen-bond acceptors (Lipinski definition) is 3. The quantitative estimate of drug-likeness (QED) is 0.419. The SMILES string of the molecule is N=C(N)c1ccc2cc(C(=O)NCc3ccc(C(=O)O)cc3)ccc2c1. The number of nitrogens with one attached hydrogen (secondary N) is 2. The largest absolute Gasteiger partial charge is 0.478 e. The number of nitrogen functional groups attached to an aromatic ring is 1. The van der Waals surface area contributed by atoms with E-state index in [0.29, 0.717) is 17.7 Å². The summed E-state index contributed by atoms with van der Waals surface area (Å²) in [6.07, 6.45) is 0. The number of fused-ring (bicyclic) bond motifs is 1. The van der Waals surface area contributed by atoms with Gasteiger partial charge in [-0.2, -0.15) is 0 Å². The maximum Gasteiger partial charge on any atom is 0.335 e. The van der Waals surface area contributed by atoms with Gasteiger partial charge in [0, 0.05) is 17.7 Å². The van der Waals surface area contributed by atoms with E-state index < -0.39 is 5.97 Å². The number of rotatable bonds is 5. The first-order chi connectivity index (χ1) is 12.4. The minimum atomic E-state index is -0.982. The molecule has 0 aliphatic heterocycles. The van der Waals surface area contributed by atoms with Crippen molar-refractivity contribution in [1.29, 1.82) is 5.41 Å². The summed E-state index contributed by atoms with van der Waals surface area (Å²) < 4.78 is 0. The molecule has 130 valence electrons. The first-order valence-electron chi connectivity index (χ1n) is 7.93. The third-order valence-electron chi connectivity index (χ3n) is 4.07. The molecule has 0 unspecified atom stereocenters. The lowest BCUT2D eigenvalue weighted by molar-refractivity contribution is 0.0696. The van der Waals surface area contributed by atoms with Crippen molar-refractivity contribution in [2.24, 2.45) is 5.73 Å². The van der Waals surface area contributed by atoms with Crippen LogP contribution in [0.4, 0.5) is 0 Å². The van der Waals surface area contributed by atoms with Crippen LogP contribution in [0.1, 0.15) is 31.8 Å². The molecular weight excluding hydrogens is 330 g/mol. The van der Waals surface area contributed by atoms with Crippen molar-refractivity contribution in [3.8, 4) is 0 Å². The van der Waals surface area contributed by atoms with Crippen LogP contribution in [0.2, 0.25) is 0 Å². The number of nitrogens with two attached hydrogens (primary N) is 1. The summed E-state index contributed by atoms with van der Waals surface area (Å²) in [7, 11) is 0. The highest BCUT2D eigenvalue weighted by Gasteiger charge is 2.08. The van der Waals surface area contributed by atoms with Gasteiger partial charge in [-0.05, 0) is 46.7 Å². The average molecular weight is 347 g/mol. The maximum absolute atomic E-state index is 12.4. The molecular formula is C20H17N3O3. The number of aromatic carboxylic acids is 1. The van der Waals surface area contributed by atoms with Crippen molar-refractivity contribution in [2.75, 3.05) is 0 Å². The summed E-state index contributed by atoms with van der Waals surface area (Å²) in [5.41, 5.74) is 7.67. The van der Waals surface area contributed by atoms with Crippen molar-refractivity contribution in [1.82, 2.24) is 5.32 Å². The van der Waals surface area contributed by atoms with Gasteiger partial charge < -0.3 is 16.2 Å². The molecule has 6 nitrogen and oxygen atoms in total. The molecule has 0 aliphatic carbocycles. The Morgan fingerprint density at radius 3 is 2.00 bits per heavy atom. The Bertz CT molecular complexity index is 1010. The van der Waals surface area contributed by atoms with Gasteiger partial charge in [-0.25, -0.2) is 4.79 Å². The van der Waals surface area contributed by atoms with Crippen molar-refractivity contribution in [3.63, 3.8) is 0 Å². The molecule has 1 amide bonds. The molecule has 3 rings (SSSR count). The first kappa shape index (κ1) is 17.2. The number of amidine groups is 1. The number of carboxylic acids is 1. The smallest absolute Gasteiger partial charge is 0.335 e. The zero-order valence-electron chi connectivity index (χ0n) is 13.8. The number of hydrogen-bond donors (Lipinski definition) is 4. The predicted octanol–water partition coefficient (Wildman–Crippen LogP) is 2.75. The molecule has 0 radical (unpaired) electrons. The first-order valence-corrected chi connectivity index (χ1v) is 7.93. The monoisotopic (exact) mass is 347 g/mol. The van der Waals surface area contributed by atoms with Crippen LogP contribution in [0, 0.1) is 5.41 Å². The topological polar surface area (TPSA) is 116 Å². The van der Waals surface area contributed by atoms with Crippen molar-refractivity contribution in [2.45, 2.75) is 6.54 Å². The lowest BCUT2D eigenvalue weighted by atomic mass is 10.0. The summed E-state index contributed by atoms with van der Waals surface area (Å²) in [5.74, 6) is -1.20. The molecule has 0 heterocycles. The molecule has 0 aliphatic rings. The van der Waals surface area contributed by atoms with Gasteiger partial charge in [0.2, 0.25) is 0 Å². The Kier molecular flexibility index (Phi) is 4.66. The Hall–Kier alpha value is -3.67. The highest BCUT2D eigenvalue weighted by atomic mass is 16.4. The Balaban J connectivity index is 1.72. The van der Waals surface area contributed by atoms with E-state index in [1.807, 2.05) is 18.2 Å². The molecule has 6 heteroatoms. The maximum atomic E-state index is 12.4. The van der Waals surface area contributed by atoms with Crippen LogP contribution in [-0.2, 0) is 6.54 Å². The van der Waals surface area contributed by atoms with Crippen molar-refractivity contribution < 1.29 is 14.7 Å². The summed E-state index contributed by atoms with van der Waals surface area (Å²) >= 11 is 0. The lowest BCUT2D eigenvalue weighted by Crippen LogP contribution is -2.22. The van der Waals surface area contributed by atoms with Crippen molar-refractivity contribution >= 4 is 28.5 Å². The normalized spacial score (nSPS) is 10.5. The molecule has 0 spiro atoms. The van der Waals surface area contributed by atoms with Crippen LogP contribution in [0.3, 0.4) is 0 Å². The van der Waals surface area contributed by atoms with Gasteiger partial charge in [-0.3, -0.25) is 10.2 Å². The lowest BCUT2D eigenvalue weighted by Gasteiger charge is -2.08. The highest BCUT2D eigenvalue weighted by Crippen LogP contribution is 2.18. The fourth-order valence-corrected chi connectivity index (χ4v) is 2.60. The molecule has 3 aromatic rings. The average Bonchev–Trinajstić information content (AvgIpc) is 2.65. The van der Waals surface area contributed by atoms with E-state index in [1.165, 1.54) is 12.1 Å². The van der Waals surface area contributed by atoms with E-state index >= 15 is 0 Å². The third-order valence-corrected chi connectivity index (χ3v) is 4.07. The summed E-state index contributed by atoms with van der Waals surface area (Å²) in [6, 6.07) is 17.1. The Labute approximate surface area is 149 Å². The number of carboxylic acid groups (broad SMARTS) is 1. The van der Waals surface area contributed by atoms with Crippen LogP contribution < -0.4 is 11.1 Å². The minimum Gasteiger partial charge on any atom is -0.478 e. The highest BCUT2D eigenvalue weighted by molar-refractivity contribution is 6.02. The predicted molar refractivity (Wildman–Crippen MR) is 99.5 cm³/mol. The van der Waals surface area contributed by atoms with E-state index in [1.54, 1.807) is 30.3 Å². The van der Waals surface area contributed by atoms with Gasteiger partial charge in [-0.1, -0.05) is 30.3 Å². The standard InChI is InChI=1S/C20H17N3O3/c21-18(22)16-7-5-15-10-17(8-6-14(15)9-16)19(24)23-11-12-1-3-13(4-2-12)20(25)26/h1-10H,11H2,(H3,21,22)(H,23,24)(H,25,26). The number of benzene rings is 3. The molecule has 3 aromatic carbocycles. The zero-order chi connectivity index (χ0) is 18.7. The Morgan fingerprint density at radius 1 is 0.885 bits per heavy atom. The number of carbonyl (C=O) groups excluding carboxylic acids is 1. The zero-order valence-corrected chi connectivity index (χ0v) is 13.8. The molecule has 5 N–H and O–H groups in total. The van der Waals surface area contributed by atoms with Crippen LogP contribution in [0.25, 0.3) is 10.8 Å². The van der Waals surface area contributed by atoms with E-state index in [4.69, 9.17) is 16.2 Å². The number of amides is 1. The van der Waals surface area contributed by atoms with E-state index in [9.17, 15) is 9.59 Å². The van der Waals surface area contributed by atoms with Gasteiger partial charge in [0.1, 0.15) is 5.84 Å². The molecule has 0 fully saturated rings. The fraction of sp³-hybridized carbons (Fsp3) is 0.0500. The second-order valence-electron chi connectivity index (χ2n) is 5.88. The van der Waals surface area contributed by atoms with Crippen LogP contribution in [-0.4, -0.2) is 22.8 Å². The van der Waals surface area contributed by atoms with Crippen LogP contribution in [0.15, 0.2) is 60.7 Å². The van der Waals surface area contributed by atoms with Gasteiger partial charge in [0.05, 0.1) is 5.56 Å². The summed E-state index contributed by atoms with van der Waals surface area (Å²) in [6.45, 7) is 0.306. The van der Waals surface area contributed by atoms with E-state index in [0.717, 1.165) is 16.3 Å². The molecule has 0 bridgehead atoms. The van der Waals surface area contributed by atoms with E-state index in [-0.39, 0.29) is 17.3 Å². The molecule has 0 atom stereocenters. The second-order valence-corrected chi connectivity index (χ2v) is 5.88. The van der Waals surface area contributed by atoms with Gasteiger partial charge >= 0.3 is 5.97 Å². The number of carbonyl (C=O) groups is 2. The Morgan fingerprint density at radius 2 is 1.42 bits per heavy atom. The molecule has 26 heavy (non-hydrogen) atoms. The third kappa shape index (κ3) is 3.70. The molecule has 0 saturated carbocycles. The molecule has 0 aromatic heterocycles.